The molecule has 1 unspecified atom stereocenters. The highest BCUT2D eigenvalue weighted by molar-refractivity contribution is 5.77. The van der Waals surface area contributed by atoms with Gasteiger partial charge >= 0.3 is 0 Å². The van der Waals surface area contributed by atoms with Gasteiger partial charge in [-0.05, 0) is 25.1 Å². The molecule has 84 valence electrons. The van der Waals surface area contributed by atoms with E-state index in [4.69, 9.17) is 5.26 Å². The molecule has 0 aliphatic carbocycles. The standard InChI is InChI=1S/C12H13FN2O/c1-9(6-14)7-15(2)12-4-10(8-16)3-11(13)5-12/h3-5,8-9H,7H2,1-2H3. The largest absolute Gasteiger partial charge is 0.373 e. The van der Waals surface area contributed by atoms with Crippen molar-refractivity contribution < 1.29 is 9.18 Å². The van der Waals surface area contributed by atoms with Crippen molar-refractivity contribution in [1.82, 2.24) is 0 Å². The van der Waals surface area contributed by atoms with Crippen molar-refractivity contribution in [2.45, 2.75) is 6.92 Å². The zero-order chi connectivity index (χ0) is 12.1. The molecule has 1 aromatic rings. The number of hydrogen-bond acceptors (Lipinski definition) is 3. The summed E-state index contributed by atoms with van der Waals surface area (Å²) in [6.45, 7) is 2.29. The number of carbonyl (C=O) groups excluding carboxylic acids is 1. The van der Waals surface area contributed by atoms with E-state index in [1.54, 1.807) is 24.9 Å². The number of rotatable bonds is 4. The molecule has 1 rings (SSSR count). The molecular formula is C12H13FN2O. The zero-order valence-electron chi connectivity index (χ0n) is 9.27. The Morgan fingerprint density at radius 3 is 2.81 bits per heavy atom. The Bertz CT molecular complexity index is 426. The van der Waals surface area contributed by atoms with Crippen LogP contribution >= 0.6 is 0 Å². The summed E-state index contributed by atoms with van der Waals surface area (Å²) in [5.41, 5.74) is 0.899. The van der Waals surface area contributed by atoms with Crippen molar-refractivity contribution in [3.8, 4) is 6.07 Å². The van der Waals surface area contributed by atoms with Crippen LogP contribution in [0.4, 0.5) is 10.1 Å². The molecule has 0 aliphatic rings. The lowest BCUT2D eigenvalue weighted by Crippen LogP contribution is -2.23. The summed E-state index contributed by atoms with van der Waals surface area (Å²) in [6.07, 6.45) is 0.605. The van der Waals surface area contributed by atoms with E-state index in [0.29, 0.717) is 24.1 Å². The van der Waals surface area contributed by atoms with Gasteiger partial charge in [0, 0.05) is 24.8 Å². The van der Waals surface area contributed by atoms with E-state index < -0.39 is 5.82 Å². The third-order valence-corrected chi connectivity index (χ3v) is 2.25. The number of halogens is 1. The first-order valence-electron chi connectivity index (χ1n) is 4.93. The molecule has 0 aromatic heterocycles. The third-order valence-electron chi connectivity index (χ3n) is 2.25. The number of benzene rings is 1. The van der Waals surface area contributed by atoms with Gasteiger partial charge in [0.1, 0.15) is 12.1 Å². The second-order valence-corrected chi connectivity index (χ2v) is 3.77. The SMILES string of the molecule is CC(C#N)CN(C)c1cc(F)cc(C=O)c1. The van der Waals surface area contributed by atoms with Gasteiger partial charge < -0.3 is 4.90 Å². The summed E-state index contributed by atoms with van der Waals surface area (Å²) in [4.78, 5) is 12.3. The van der Waals surface area contributed by atoms with E-state index in [2.05, 4.69) is 6.07 Å². The van der Waals surface area contributed by atoms with Crippen molar-refractivity contribution in [1.29, 1.82) is 5.26 Å². The van der Waals surface area contributed by atoms with Crippen LogP contribution in [0.3, 0.4) is 0 Å². The van der Waals surface area contributed by atoms with Crippen molar-refractivity contribution in [3.63, 3.8) is 0 Å². The van der Waals surface area contributed by atoms with Crippen LogP contribution < -0.4 is 4.90 Å². The van der Waals surface area contributed by atoms with E-state index in [1.807, 2.05) is 0 Å². The summed E-state index contributed by atoms with van der Waals surface area (Å²) in [5, 5.41) is 8.68. The number of nitriles is 1. The molecule has 0 heterocycles. The van der Waals surface area contributed by atoms with Gasteiger partial charge in [0.25, 0.3) is 0 Å². The lowest BCUT2D eigenvalue weighted by atomic mass is 10.1. The Labute approximate surface area is 94.1 Å². The maximum absolute atomic E-state index is 13.1. The molecule has 0 radical (unpaired) electrons. The maximum atomic E-state index is 13.1. The summed E-state index contributed by atoms with van der Waals surface area (Å²) >= 11 is 0. The second kappa shape index (κ2) is 5.26. The van der Waals surface area contributed by atoms with Crippen molar-refractivity contribution in [2.24, 2.45) is 5.92 Å². The van der Waals surface area contributed by atoms with E-state index in [-0.39, 0.29) is 5.92 Å². The van der Waals surface area contributed by atoms with Gasteiger partial charge in [0.2, 0.25) is 0 Å². The quantitative estimate of drug-likeness (QED) is 0.731. The monoisotopic (exact) mass is 220 g/mol. The molecule has 0 aliphatic heterocycles. The average molecular weight is 220 g/mol. The number of carbonyl (C=O) groups is 1. The fourth-order valence-electron chi connectivity index (χ4n) is 1.44. The lowest BCUT2D eigenvalue weighted by molar-refractivity contribution is 0.112. The second-order valence-electron chi connectivity index (χ2n) is 3.77. The van der Waals surface area contributed by atoms with E-state index in [9.17, 15) is 9.18 Å². The topological polar surface area (TPSA) is 44.1 Å². The van der Waals surface area contributed by atoms with Crippen molar-refractivity contribution >= 4 is 12.0 Å². The highest BCUT2D eigenvalue weighted by Gasteiger charge is 2.08. The van der Waals surface area contributed by atoms with Gasteiger partial charge in [-0.25, -0.2) is 4.39 Å². The van der Waals surface area contributed by atoms with Crippen molar-refractivity contribution in [3.05, 3.63) is 29.6 Å². The first-order chi connectivity index (χ1) is 7.56. The predicted octanol–water partition coefficient (Wildman–Crippen LogP) is 2.23. The number of aldehydes is 1. The van der Waals surface area contributed by atoms with Crippen LogP contribution in [-0.2, 0) is 0 Å². The van der Waals surface area contributed by atoms with Gasteiger partial charge in [0.05, 0.1) is 12.0 Å². The van der Waals surface area contributed by atoms with Gasteiger partial charge in [-0.3, -0.25) is 4.79 Å². The predicted molar refractivity (Wildman–Crippen MR) is 59.8 cm³/mol. The zero-order valence-corrected chi connectivity index (χ0v) is 9.27. The van der Waals surface area contributed by atoms with Gasteiger partial charge in [0.15, 0.2) is 0 Å². The summed E-state index contributed by atoms with van der Waals surface area (Å²) in [7, 11) is 1.76. The van der Waals surface area contributed by atoms with Crippen molar-refractivity contribution in [2.75, 3.05) is 18.5 Å². The molecule has 3 nitrogen and oxygen atoms in total. The van der Waals surface area contributed by atoms with E-state index >= 15 is 0 Å². The molecule has 0 bridgehead atoms. The van der Waals surface area contributed by atoms with Crippen LogP contribution in [0.25, 0.3) is 0 Å². The van der Waals surface area contributed by atoms with Gasteiger partial charge in [-0.1, -0.05) is 0 Å². The van der Waals surface area contributed by atoms with Crippen LogP contribution in [0.1, 0.15) is 17.3 Å². The summed E-state index contributed by atoms with van der Waals surface area (Å²) in [6, 6.07) is 6.22. The third kappa shape index (κ3) is 3.06. The Kier molecular flexibility index (Phi) is 4.01. The minimum absolute atomic E-state index is 0.145. The van der Waals surface area contributed by atoms with Crippen LogP contribution in [0.15, 0.2) is 18.2 Å². The average Bonchev–Trinajstić information content (AvgIpc) is 2.27. The molecular weight excluding hydrogens is 207 g/mol. The molecule has 0 N–H and O–H groups in total. The molecule has 4 heteroatoms. The highest BCUT2D eigenvalue weighted by atomic mass is 19.1. The maximum Gasteiger partial charge on any atom is 0.150 e. The molecule has 0 fully saturated rings. The van der Waals surface area contributed by atoms with E-state index in [1.165, 1.54) is 12.1 Å². The molecule has 0 amide bonds. The number of anilines is 1. The van der Waals surface area contributed by atoms with Crippen LogP contribution in [0.5, 0.6) is 0 Å². The molecule has 16 heavy (non-hydrogen) atoms. The Balaban J connectivity index is 2.91. The Morgan fingerprint density at radius 2 is 2.25 bits per heavy atom. The molecule has 0 spiro atoms. The molecule has 1 atom stereocenters. The van der Waals surface area contributed by atoms with Crippen LogP contribution in [0, 0.1) is 23.1 Å². The highest BCUT2D eigenvalue weighted by Crippen LogP contribution is 2.17. The first-order valence-corrected chi connectivity index (χ1v) is 4.93. The smallest absolute Gasteiger partial charge is 0.150 e. The Morgan fingerprint density at radius 1 is 1.56 bits per heavy atom. The fourth-order valence-corrected chi connectivity index (χ4v) is 1.44. The minimum Gasteiger partial charge on any atom is -0.373 e. The van der Waals surface area contributed by atoms with Gasteiger partial charge in [-0.15, -0.1) is 0 Å². The normalized spacial score (nSPS) is 11.6. The van der Waals surface area contributed by atoms with Crippen LogP contribution in [0.2, 0.25) is 0 Å². The fraction of sp³-hybridized carbons (Fsp3) is 0.333. The number of hydrogen-bond donors (Lipinski definition) is 0. The lowest BCUT2D eigenvalue weighted by Gasteiger charge is -2.20. The number of nitrogens with zero attached hydrogens (tertiary/aromatic N) is 2. The molecule has 0 saturated carbocycles. The van der Waals surface area contributed by atoms with E-state index in [0.717, 1.165) is 0 Å². The van der Waals surface area contributed by atoms with Crippen LogP contribution in [-0.4, -0.2) is 19.9 Å². The Hall–Kier alpha value is -1.89. The minimum atomic E-state index is -0.448. The summed E-state index contributed by atoms with van der Waals surface area (Å²) < 4.78 is 13.1. The molecule has 1 aromatic carbocycles. The molecule has 0 saturated heterocycles. The van der Waals surface area contributed by atoms with Gasteiger partial charge in [-0.2, -0.15) is 5.26 Å². The first kappa shape index (κ1) is 12.2. The summed E-state index contributed by atoms with van der Waals surface area (Å²) in [5.74, 6) is -0.594.